The first-order valence-electron chi connectivity index (χ1n) is 8.59. The van der Waals surface area contributed by atoms with Crippen molar-refractivity contribution in [1.29, 1.82) is 0 Å². The van der Waals surface area contributed by atoms with Gasteiger partial charge in [-0.05, 0) is 30.2 Å². The zero-order valence-electron chi connectivity index (χ0n) is 16.0. The molecule has 0 aliphatic rings. The maximum absolute atomic E-state index is 11.2. The smallest absolute Gasteiger partial charge is 0.302 e. The Morgan fingerprint density at radius 2 is 1.73 bits per heavy atom. The molecule has 1 atom stereocenters. The van der Waals surface area contributed by atoms with Gasteiger partial charge in [0.25, 0.3) is 0 Å². The first-order chi connectivity index (χ1) is 12.5. The number of esters is 1. The molecule has 0 N–H and O–H groups in total. The van der Waals surface area contributed by atoms with E-state index in [0.29, 0.717) is 0 Å². The quantitative estimate of drug-likeness (QED) is 0.527. The summed E-state index contributed by atoms with van der Waals surface area (Å²) in [5.41, 5.74) is 4.20. The number of ether oxygens (including phenoxy) is 3. The Morgan fingerprint density at radius 1 is 1.04 bits per heavy atom. The van der Waals surface area contributed by atoms with Crippen molar-refractivity contribution >= 4 is 18.1 Å². The van der Waals surface area contributed by atoms with Crippen LogP contribution in [0.15, 0.2) is 36.4 Å². The topological polar surface area (TPSA) is 44.8 Å². The standard InChI is InChI=1S/C22H26O4/c1-15-8-6-7-9-18(15)10-11-19-12-13-20(24-4)21(22(19)25-5)16(2)14-26-17(3)23/h6-13,16H,14H2,1-5H3/b11-10-. The number of hydrogen-bond donors (Lipinski definition) is 0. The maximum atomic E-state index is 11.2. The average molecular weight is 354 g/mol. The van der Waals surface area contributed by atoms with Crippen LogP contribution >= 0.6 is 0 Å². The third kappa shape index (κ3) is 4.66. The highest BCUT2D eigenvalue weighted by molar-refractivity contribution is 5.75. The summed E-state index contributed by atoms with van der Waals surface area (Å²) in [7, 11) is 3.27. The largest absolute Gasteiger partial charge is 0.496 e. The van der Waals surface area contributed by atoms with Gasteiger partial charge in [-0.3, -0.25) is 4.79 Å². The minimum atomic E-state index is -0.301. The molecule has 0 saturated carbocycles. The van der Waals surface area contributed by atoms with Gasteiger partial charge in [-0.2, -0.15) is 0 Å². The molecule has 2 aromatic carbocycles. The normalized spacial score (nSPS) is 12.0. The van der Waals surface area contributed by atoms with Crippen LogP contribution in [0, 0.1) is 6.92 Å². The van der Waals surface area contributed by atoms with Crippen molar-refractivity contribution < 1.29 is 19.0 Å². The molecule has 0 aliphatic carbocycles. The van der Waals surface area contributed by atoms with Crippen LogP contribution in [0.25, 0.3) is 12.2 Å². The molecule has 0 amide bonds. The van der Waals surface area contributed by atoms with Crippen molar-refractivity contribution in [2.24, 2.45) is 0 Å². The lowest BCUT2D eigenvalue weighted by atomic mass is 9.96. The van der Waals surface area contributed by atoms with Gasteiger partial charge in [0.05, 0.1) is 20.8 Å². The molecule has 138 valence electrons. The van der Waals surface area contributed by atoms with Crippen molar-refractivity contribution in [2.75, 3.05) is 20.8 Å². The Kier molecular flexibility index (Phi) is 6.84. The highest BCUT2D eigenvalue weighted by atomic mass is 16.5. The van der Waals surface area contributed by atoms with Gasteiger partial charge >= 0.3 is 5.97 Å². The number of methoxy groups -OCH3 is 2. The third-order valence-corrected chi connectivity index (χ3v) is 4.27. The summed E-state index contributed by atoms with van der Waals surface area (Å²) < 4.78 is 16.4. The van der Waals surface area contributed by atoms with E-state index in [4.69, 9.17) is 14.2 Å². The number of rotatable bonds is 7. The lowest BCUT2D eigenvalue weighted by molar-refractivity contribution is -0.141. The Morgan fingerprint density at radius 3 is 2.35 bits per heavy atom. The van der Waals surface area contributed by atoms with Crippen LogP contribution in [-0.4, -0.2) is 26.8 Å². The van der Waals surface area contributed by atoms with Crippen molar-refractivity contribution in [1.82, 2.24) is 0 Å². The Hall–Kier alpha value is -2.75. The van der Waals surface area contributed by atoms with Crippen LogP contribution in [0.1, 0.15) is 42.0 Å². The average Bonchev–Trinajstić information content (AvgIpc) is 2.64. The molecule has 0 fully saturated rings. The van der Waals surface area contributed by atoms with E-state index in [1.54, 1.807) is 14.2 Å². The van der Waals surface area contributed by atoms with Crippen LogP contribution in [0.3, 0.4) is 0 Å². The van der Waals surface area contributed by atoms with Crippen molar-refractivity contribution in [3.8, 4) is 11.5 Å². The summed E-state index contributed by atoms with van der Waals surface area (Å²) >= 11 is 0. The van der Waals surface area contributed by atoms with Gasteiger partial charge in [-0.25, -0.2) is 0 Å². The SMILES string of the molecule is COc1ccc(/C=C\c2ccccc2C)c(OC)c1C(C)COC(C)=O. The highest BCUT2D eigenvalue weighted by Gasteiger charge is 2.20. The van der Waals surface area contributed by atoms with Gasteiger partial charge in [0.2, 0.25) is 0 Å². The summed E-state index contributed by atoms with van der Waals surface area (Å²) in [5.74, 6) is 1.09. The summed E-state index contributed by atoms with van der Waals surface area (Å²) in [5, 5.41) is 0. The second-order valence-corrected chi connectivity index (χ2v) is 6.20. The molecule has 4 nitrogen and oxygen atoms in total. The van der Waals surface area contributed by atoms with E-state index in [9.17, 15) is 4.79 Å². The number of hydrogen-bond acceptors (Lipinski definition) is 4. The van der Waals surface area contributed by atoms with Gasteiger partial charge in [-0.1, -0.05) is 43.3 Å². The fraction of sp³-hybridized carbons (Fsp3) is 0.318. The van der Waals surface area contributed by atoms with E-state index >= 15 is 0 Å². The highest BCUT2D eigenvalue weighted by Crippen LogP contribution is 2.39. The number of benzene rings is 2. The minimum absolute atomic E-state index is 0.0596. The molecule has 0 aromatic heterocycles. The fourth-order valence-corrected chi connectivity index (χ4v) is 2.88. The van der Waals surface area contributed by atoms with Crippen molar-refractivity contribution in [3.63, 3.8) is 0 Å². The van der Waals surface area contributed by atoms with E-state index in [2.05, 4.69) is 25.1 Å². The van der Waals surface area contributed by atoms with E-state index in [0.717, 1.165) is 28.2 Å². The molecular formula is C22H26O4. The van der Waals surface area contributed by atoms with Crippen LogP contribution in [-0.2, 0) is 9.53 Å². The van der Waals surface area contributed by atoms with Gasteiger partial charge < -0.3 is 14.2 Å². The van der Waals surface area contributed by atoms with Gasteiger partial charge in [0.15, 0.2) is 0 Å². The molecule has 0 spiro atoms. The zero-order chi connectivity index (χ0) is 19.1. The van der Waals surface area contributed by atoms with Gasteiger partial charge in [0, 0.05) is 24.0 Å². The predicted octanol–water partition coefficient (Wildman–Crippen LogP) is 4.85. The zero-order valence-corrected chi connectivity index (χ0v) is 16.0. The Bertz CT molecular complexity index is 793. The number of aryl methyl sites for hydroxylation is 1. The molecule has 2 aromatic rings. The summed E-state index contributed by atoms with van der Waals surface area (Å²) in [4.78, 5) is 11.2. The molecular weight excluding hydrogens is 328 g/mol. The molecule has 0 bridgehead atoms. The third-order valence-electron chi connectivity index (χ3n) is 4.27. The van der Waals surface area contributed by atoms with E-state index in [1.165, 1.54) is 12.5 Å². The number of carbonyl (C=O) groups is 1. The molecule has 26 heavy (non-hydrogen) atoms. The number of carbonyl (C=O) groups excluding carboxylic acids is 1. The Labute approximate surface area is 155 Å². The minimum Gasteiger partial charge on any atom is -0.496 e. The second-order valence-electron chi connectivity index (χ2n) is 6.20. The maximum Gasteiger partial charge on any atom is 0.302 e. The molecule has 0 heterocycles. The fourth-order valence-electron chi connectivity index (χ4n) is 2.88. The monoisotopic (exact) mass is 354 g/mol. The molecule has 1 unspecified atom stereocenters. The van der Waals surface area contributed by atoms with Crippen LogP contribution in [0.2, 0.25) is 0 Å². The lowest BCUT2D eigenvalue weighted by Gasteiger charge is -2.20. The summed E-state index contributed by atoms with van der Waals surface area (Å²) in [6, 6.07) is 12.1. The molecule has 0 aliphatic heterocycles. The van der Waals surface area contributed by atoms with Crippen molar-refractivity contribution in [3.05, 3.63) is 58.7 Å². The van der Waals surface area contributed by atoms with E-state index < -0.39 is 0 Å². The van der Waals surface area contributed by atoms with Crippen LogP contribution in [0.5, 0.6) is 11.5 Å². The molecule has 2 rings (SSSR count). The summed E-state index contributed by atoms with van der Waals surface area (Å²) in [6.07, 6.45) is 4.10. The lowest BCUT2D eigenvalue weighted by Crippen LogP contribution is -2.11. The molecule has 4 heteroatoms. The van der Waals surface area contributed by atoms with Crippen LogP contribution in [0.4, 0.5) is 0 Å². The van der Waals surface area contributed by atoms with E-state index in [1.807, 2.05) is 37.3 Å². The summed E-state index contributed by atoms with van der Waals surface area (Å²) in [6.45, 7) is 5.74. The van der Waals surface area contributed by atoms with E-state index in [-0.39, 0.29) is 18.5 Å². The van der Waals surface area contributed by atoms with Crippen LogP contribution < -0.4 is 9.47 Å². The molecule has 0 saturated heterocycles. The van der Waals surface area contributed by atoms with Crippen molar-refractivity contribution in [2.45, 2.75) is 26.7 Å². The van der Waals surface area contributed by atoms with Gasteiger partial charge in [0.1, 0.15) is 11.5 Å². The first-order valence-corrected chi connectivity index (χ1v) is 8.59. The van der Waals surface area contributed by atoms with Gasteiger partial charge in [-0.15, -0.1) is 0 Å². The molecule has 0 radical (unpaired) electrons. The predicted molar refractivity (Wildman–Crippen MR) is 105 cm³/mol. The Balaban J connectivity index is 2.43. The first kappa shape index (κ1) is 19.6. The second kappa shape index (κ2) is 9.09.